The summed E-state index contributed by atoms with van der Waals surface area (Å²) >= 11 is 0. The molecule has 1 aliphatic carbocycles. The van der Waals surface area contributed by atoms with Gasteiger partial charge >= 0.3 is 6.18 Å². The van der Waals surface area contributed by atoms with Crippen LogP contribution >= 0.6 is 0 Å². The number of halogens is 3. The van der Waals surface area contributed by atoms with Gasteiger partial charge in [0.05, 0.1) is 23.4 Å². The fourth-order valence-electron chi connectivity index (χ4n) is 6.10. The molecule has 4 heterocycles. The number of alkyl halides is 3. The quantitative estimate of drug-likeness (QED) is 0.598. The van der Waals surface area contributed by atoms with Crippen molar-refractivity contribution in [1.82, 2.24) is 19.9 Å². The second kappa shape index (κ2) is 9.69. The van der Waals surface area contributed by atoms with Crippen LogP contribution in [0.25, 0.3) is 10.9 Å². The van der Waals surface area contributed by atoms with Gasteiger partial charge in [0.15, 0.2) is 0 Å². The molecule has 0 radical (unpaired) electrons. The first kappa shape index (κ1) is 24.5. The molecule has 2 bridgehead atoms. The Bertz CT molecular complexity index is 1030. The molecule has 2 N–H and O–H groups in total. The van der Waals surface area contributed by atoms with Gasteiger partial charge in [0.25, 0.3) is 0 Å². The van der Waals surface area contributed by atoms with E-state index in [0.29, 0.717) is 41.7 Å². The summed E-state index contributed by atoms with van der Waals surface area (Å²) in [6.07, 6.45) is 5.30. The van der Waals surface area contributed by atoms with Gasteiger partial charge in [-0.25, -0.2) is 15.0 Å². The van der Waals surface area contributed by atoms with E-state index in [1.807, 2.05) is 0 Å². The van der Waals surface area contributed by atoms with E-state index in [0.717, 1.165) is 31.2 Å². The molecule has 2 saturated heterocycles. The second-order valence-electron chi connectivity index (χ2n) is 10.6. The van der Waals surface area contributed by atoms with Gasteiger partial charge in [-0.05, 0) is 71.3 Å². The Morgan fingerprint density at radius 2 is 1.77 bits per heavy atom. The average molecular weight is 494 g/mol. The minimum atomic E-state index is -4.27. The summed E-state index contributed by atoms with van der Waals surface area (Å²) in [5.74, 6) is 0.834. The summed E-state index contributed by atoms with van der Waals surface area (Å²) in [6.45, 7) is 1.47. The van der Waals surface area contributed by atoms with E-state index in [4.69, 9.17) is 4.74 Å². The highest BCUT2D eigenvalue weighted by Crippen LogP contribution is 2.40. The highest BCUT2D eigenvalue weighted by Gasteiger charge is 2.39. The summed E-state index contributed by atoms with van der Waals surface area (Å²) in [5.41, 5.74) is 1.61. The molecule has 0 aromatic carbocycles. The Labute approximate surface area is 203 Å². The number of fused-ring (bicyclic) bond motifs is 3. The standard InChI is InChI=1S/C25H34F3N5O2/c1-14(11-25(26,27)28)31-24-30-13-21-22(32-24)20(15-3-7-18(34)8-4-15)12-29-23(21)35-19-9-16-5-6-17(10-19)33(16)2/h12-19,34H,3-11H2,1-2H3,(H,30,31,32)/t14-,15?,16-,17+,18?,19?/m0/s1. The molecule has 3 fully saturated rings. The molecule has 1 saturated carbocycles. The van der Waals surface area contributed by atoms with Crippen molar-refractivity contribution in [1.29, 1.82) is 0 Å². The van der Waals surface area contributed by atoms with Crippen LogP contribution in [0.15, 0.2) is 12.4 Å². The van der Waals surface area contributed by atoms with Crippen LogP contribution in [0.4, 0.5) is 19.1 Å². The number of hydrogen-bond acceptors (Lipinski definition) is 7. The number of aromatic nitrogens is 3. The molecule has 5 rings (SSSR count). The molecule has 0 amide bonds. The van der Waals surface area contributed by atoms with Gasteiger partial charge in [-0.15, -0.1) is 0 Å². The van der Waals surface area contributed by atoms with Crippen LogP contribution in [0.3, 0.4) is 0 Å². The maximum absolute atomic E-state index is 12.8. The number of aliphatic hydroxyl groups is 1. The predicted octanol–water partition coefficient (Wildman–Crippen LogP) is 4.80. The molecule has 0 spiro atoms. The van der Waals surface area contributed by atoms with Crippen LogP contribution in [0.1, 0.15) is 76.2 Å². The molecular formula is C25H34F3N5O2. The minimum Gasteiger partial charge on any atom is -0.474 e. The lowest BCUT2D eigenvalue weighted by Crippen LogP contribution is -2.43. The van der Waals surface area contributed by atoms with E-state index in [2.05, 4.69) is 32.2 Å². The maximum Gasteiger partial charge on any atom is 0.391 e. The number of pyridine rings is 1. The van der Waals surface area contributed by atoms with Gasteiger partial charge in [-0.1, -0.05) is 0 Å². The number of nitrogens with zero attached hydrogens (tertiary/aromatic N) is 4. The zero-order valence-electron chi connectivity index (χ0n) is 20.3. The van der Waals surface area contributed by atoms with Crippen LogP contribution in [0, 0.1) is 0 Å². The van der Waals surface area contributed by atoms with Crippen LogP contribution < -0.4 is 10.1 Å². The Hall–Kier alpha value is -2.20. The molecule has 1 unspecified atom stereocenters. The SMILES string of the molecule is C[C@@H](CC(F)(F)F)Nc1ncc2c(OC3C[C@H]4CC[C@@H](C3)N4C)ncc(C3CCC(O)CC3)c2n1. The molecule has 35 heavy (non-hydrogen) atoms. The van der Waals surface area contributed by atoms with Gasteiger partial charge in [0, 0.05) is 36.1 Å². The molecule has 2 aliphatic heterocycles. The number of hydrogen-bond donors (Lipinski definition) is 2. The van der Waals surface area contributed by atoms with E-state index in [-0.39, 0.29) is 24.1 Å². The van der Waals surface area contributed by atoms with Gasteiger partial charge in [0.2, 0.25) is 11.8 Å². The van der Waals surface area contributed by atoms with Crippen LogP contribution in [0.2, 0.25) is 0 Å². The number of anilines is 1. The summed E-state index contributed by atoms with van der Waals surface area (Å²) in [6, 6.07) is 0.202. The van der Waals surface area contributed by atoms with Crippen molar-refractivity contribution in [2.24, 2.45) is 0 Å². The fourth-order valence-corrected chi connectivity index (χ4v) is 6.10. The Kier molecular flexibility index (Phi) is 6.78. The smallest absolute Gasteiger partial charge is 0.391 e. The largest absolute Gasteiger partial charge is 0.474 e. The predicted molar refractivity (Wildman–Crippen MR) is 127 cm³/mol. The lowest BCUT2D eigenvalue weighted by Gasteiger charge is -2.36. The summed E-state index contributed by atoms with van der Waals surface area (Å²) in [5, 5.41) is 13.4. The first-order valence-corrected chi connectivity index (χ1v) is 12.7. The zero-order valence-corrected chi connectivity index (χ0v) is 20.3. The minimum absolute atomic E-state index is 0.0692. The third kappa shape index (κ3) is 5.48. The summed E-state index contributed by atoms with van der Waals surface area (Å²) in [7, 11) is 2.18. The molecule has 2 aromatic heterocycles. The molecule has 2 aromatic rings. The molecule has 3 aliphatic rings. The highest BCUT2D eigenvalue weighted by molar-refractivity contribution is 5.86. The van der Waals surface area contributed by atoms with Gasteiger partial charge in [-0.3, -0.25) is 0 Å². The molecule has 10 heteroatoms. The number of ether oxygens (including phenoxy) is 1. The Morgan fingerprint density at radius 3 is 2.43 bits per heavy atom. The number of nitrogens with one attached hydrogen (secondary N) is 1. The van der Waals surface area contributed by atoms with Gasteiger partial charge in [0.1, 0.15) is 6.10 Å². The highest BCUT2D eigenvalue weighted by atomic mass is 19.4. The van der Waals surface area contributed by atoms with Gasteiger partial charge < -0.3 is 20.1 Å². The number of piperidine rings is 1. The lowest BCUT2D eigenvalue weighted by atomic mass is 9.83. The molecule has 7 nitrogen and oxygen atoms in total. The third-order valence-corrected chi connectivity index (χ3v) is 8.00. The van der Waals surface area contributed by atoms with Crippen molar-refractivity contribution < 1.29 is 23.0 Å². The monoisotopic (exact) mass is 493 g/mol. The number of aliphatic hydroxyl groups excluding tert-OH is 1. The molecule has 192 valence electrons. The van der Waals surface area contributed by atoms with Crippen molar-refractivity contribution in [2.45, 2.75) is 107 Å². The Morgan fingerprint density at radius 1 is 1.09 bits per heavy atom. The lowest BCUT2D eigenvalue weighted by molar-refractivity contribution is -0.136. The van der Waals surface area contributed by atoms with Crippen LogP contribution in [0.5, 0.6) is 5.88 Å². The van der Waals surface area contributed by atoms with Crippen molar-refractivity contribution in [2.75, 3.05) is 12.4 Å². The maximum atomic E-state index is 12.8. The fraction of sp³-hybridized carbons (Fsp3) is 0.720. The van der Waals surface area contributed by atoms with Crippen LogP contribution in [-0.2, 0) is 0 Å². The van der Waals surface area contributed by atoms with Crippen molar-refractivity contribution in [3.05, 3.63) is 18.0 Å². The molecular weight excluding hydrogens is 459 g/mol. The van der Waals surface area contributed by atoms with E-state index < -0.39 is 18.6 Å². The first-order valence-electron chi connectivity index (χ1n) is 12.7. The molecule has 4 atom stereocenters. The van der Waals surface area contributed by atoms with Gasteiger partial charge in [-0.2, -0.15) is 13.2 Å². The van der Waals surface area contributed by atoms with E-state index in [1.54, 1.807) is 12.4 Å². The Balaban J connectivity index is 1.44. The van der Waals surface area contributed by atoms with E-state index in [9.17, 15) is 18.3 Å². The van der Waals surface area contributed by atoms with Crippen molar-refractivity contribution in [3.63, 3.8) is 0 Å². The number of rotatable bonds is 6. The van der Waals surface area contributed by atoms with E-state index >= 15 is 0 Å². The third-order valence-electron chi connectivity index (χ3n) is 8.00. The second-order valence-corrected chi connectivity index (χ2v) is 10.6. The van der Waals surface area contributed by atoms with Crippen LogP contribution in [-0.4, -0.2) is 68.5 Å². The van der Waals surface area contributed by atoms with E-state index in [1.165, 1.54) is 19.8 Å². The van der Waals surface area contributed by atoms with Crippen molar-refractivity contribution in [3.8, 4) is 5.88 Å². The van der Waals surface area contributed by atoms with Crippen molar-refractivity contribution >= 4 is 16.9 Å². The zero-order chi connectivity index (χ0) is 24.7. The first-order chi connectivity index (χ1) is 16.7. The normalized spacial score (nSPS) is 30.4. The topological polar surface area (TPSA) is 83.4 Å². The summed E-state index contributed by atoms with van der Waals surface area (Å²) in [4.78, 5) is 16.1. The average Bonchev–Trinajstić information content (AvgIpc) is 2.99. The summed E-state index contributed by atoms with van der Waals surface area (Å²) < 4.78 is 44.9.